The van der Waals surface area contributed by atoms with Crippen LogP contribution in [0.4, 0.5) is 17.6 Å². The minimum Gasteiger partial charge on any atom is -0.461 e. The smallest absolute Gasteiger partial charge is 0.373 e. The summed E-state index contributed by atoms with van der Waals surface area (Å²) < 4.78 is 58.2. The maximum atomic E-state index is 12.5. The number of halogens is 4. The molecule has 0 spiro atoms. The molecule has 0 N–H and O–H groups in total. The number of nitrogens with zero attached hydrogens (tertiary/aromatic N) is 5. The van der Waals surface area contributed by atoms with Gasteiger partial charge in [0.15, 0.2) is 0 Å². The third-order valence-corrected chi connectivity index (χ3v) is 3.41. The van der Waals surface area contributed by atoms with Crippen LogP contribution < -0.4 is 0 Å². The maximum absolute atomic E-state index is 12.5. The van der Waals surface area contributed by atoms with Gasteiger partial charge in [-0.1, -0.05) is 17.2 Å². The number of carbonyl (C=O) groups excluding carboxylic acids is 1. The first-order valence-electron chi connectivity index (χ1n) is 7.63. The van der Waals surface area contributed by atoms with E-state index in [2.05, 4.69) is 25.0 Å². The summed E-state index contributed by atoms with van der Waals surface area (Å²) in [5.74, 6) is -2.49. The molecule has 1 aromatic heterocycles. The summed E-state index contributed by atoms with van der Waals surface area (Å²) in [5, 5.41) is 10.4. The number of hydrogen-bond donors (Lipinski definition) is 0. The van der Waals surface area contributed by atoms with Crippen molar-refractivity contribution in [2.24, 2.45) is 5.11 Å². The molecule has 0 bridgehead atoms. The summed E-state index contributed by atoms with van der Waals surface area (Å²) in [7, 11) is 0. The molecule has 2 aromatic rings. The van der Waals surface area contributed by atoms with Crippen LogP contribution in [0.1, 0.15) is 36.8 Å². The summed E-state index contributed by atoms with van der Waals surface area (Å²) in [4.78, 5) is 13.4. The van der Waals surface area contributed by atoms with E-state index in [0.29, 0.717) is 11.1 Å². The molecule has 0 amide bonds. The van der Waals surface area contributed by atoms with Crippen LogP contribution in [0.3, 0.4) is 0 Å². The summed E-state index contributed by atoms with van der Waals surface area (Å²) in [6, 6.07) is 5.57. The Bertz CT molecular complexity index is 806. The Labute approximate surface area is 149 Å². The fourth-order valence-corrected chi connectivity index (χ4v) is 2.15. The number of rotatable bonds is 9. The summed E-state index contributed by atoms with van der Waals surface area (Å²) in [6.07, 6.45) is -5.62. The first-order valence-corrected chi connectivity index (χ1v) is 7.63. The Morgan fingerprint density at radius 3 is 2.48 bits per heavy atom. The SMILES string of the molecule is [N-]=[N+]=NC(CCCOC(=O)C(F)F)c1ccc(-c2nnc(C(F)F)o2)cc1. The van der Waals surface area contributed by atoms with E-state index in [1.54, 1.807) is 12.1 Å². The molecule has 2 rings (SSSR count). The topological polar surface area (TPSA) is 114 Å². The molecular formula is C15H13F4N5O3. The molecule has 0 fully saturated rings. The van der Waals surface area contributed by atoms with Gasteiger partial charge in [0, 0.05) is 10.5 Å². The highest BCUT2D eigenvalue weighted by Gasteiger charge is 2.18. The van der Waals surface area contributed by atoms with E-state index < -0.39 is 30.8 Å². The zero-order chi connectivity index (χ0) is 19.8. The standard InChI is InChI=1S/C15H13F4N5O3/c16-11(17)14-23-22-13(27-14)9-5-3-8(4-6-9)10(21-24-20)2-1-7-26-15(25)12(18)19/h3-6,10-12H,1-2,7H2. The Kier molecular flexibility index (Phi) is 7.12. The number of carbonyl (C=O) groups is 1. The van der Waals surface area contributed by atoms with Gasteiger partial charge in [-0.05, 0) is 36.1 Å². The van der Waals surface area contributed by atoms with Gasteiger partial charge in [-0.3, -0.25) is 0 Å². The Morgan fingerprint density at radius 2 is 1.93 bits per heavy atom. The zero-order valence-corrected chi connectivity index (χ0v) is 13.6. The quantitative estimate of drug-likeness (QED) is 0.156. The molecule has 0 saturated heterocycles. The van der Waals surface area contributed by atoms with Crippen LogP contribution in [0, 0.1) is 0 Å². The minimum absolute atomic E-state index is 0.0869. The molecule has 1 unspecified atom stereocenters. The lowest BCUT2D eigenvalue weighted by Gasteiger charge is -2.12. The Balaban J connectivity index is 2.00. The van der Waals surface area contributed by atoms with Gasteiger partial charge in [0.1, 0.15) is 0 Å². The van der Waals surface area contributed by atoms with Crippen molar-refractivity contribution in [2.45, 2.75) is 31.7 Å². The molecule has 0 radical (unpaired) electrons. The highest BCUT2D eigenvalue weighted by Crippen LogP contribution is 2.27. The van der Waals surface area contributed by atoms with E-state index in [0.717, 1.165) is 0 Å². The van der Waals surface area contributed by atoms with Gasteiger partial charge in [-0.15, -0.1) is 10.2 Å². The second-order valence-corrected chi connectivity index (χ2v) is 5.20. The van der Waals surface area contributed by atoms with Crippen LogP contribution in [0.5, 0.6) is 0 Å². The van der Waals surface area contributed by atoms with Crippen LogP contribution in [0.25, 0.3) is 21.9 Å². The van der Waals surface area contributed by atoms with Gasteiger partial charge in [0.25, 0.3) is 5.89 Å². The lowest BCUT2D eigenvalue weighted by atomic mass is 10.0. The van der Waals surface area contributed by atoms with Gasteiger partial charge >= 0.3 is 18.8 Å². The summed E-state index contributed by atoms with van der Waals surface area (Å²) in [6.45, 7) is -0.239. The minimum atomic E-state index is -3.19. The number of alkyl halides is 4. The summed E-state index contributed by atoms with van der Waals surface area (Å²) >= 11 is 0. The number of azide groups is 1. The predicted molar refractivity (Wildman–Crippen MR) is 82.8 cm³/mol. The van der Waals surface area contributed by atoms with Crippen LogP contribution in [-0.4, -0.2) is 29.2 Å². The predicted octanol–water partition coefficient (Wildman–Crippen LogP) is 4.61. The van der Waals surface area contributed by atoms with Crippen molar-refractivity contribution in [2.75, 3.05) is 6.61 Å². The van der Waals surface area contributed by atoms with Gasteiger partial charge < -0.3 is 9.15 Å². The van der Waals surface area contributed by atoms with Crippen LogP contribution in [-0.2, 0) is 9.53 Å². The number of esters is 1. The highest BCUT2D eigenvalue weighted by molar-refractivity contribution is 5.72. The van der Waals surface area contributed by atoms with E-state index in [1.807, 2.05) is 0 Å². The van der Waals surface area contributed by atoms with E-state index in [1.165, 1.54) is 12.1 Å². The largest absolute Gasteiger partial charge is 0.461 e. The van der Waals surface area contributed by atoms with E-state index >= 15 is 0 Å². The number of ether oxygens (including phenoxy) is 1. The van der Waals surface area contributed by atoms with Crippen molar-refractivity contribution in [1.82, 2.24) is 10.2 Å². The first-order chi connectivity index (χ1) is 12.9. The summed E-state index contributed by atoms with van der Waals surface area (Å²) in [5.41, 5.74) is 9.65. The Morgan fingerprint density at radius 1 is 1.22 bits per heavy atom. The monoisotopic (exact) mass is 387 g/mol. The van der Waals surface area contributed by atoms with Crippen molar-refractivity contribution in [3.05, 3.63) is 46.2 Å². The van der Waals surface area contributed by atoms with Gasteiger partial charge in [0.05, 0.1) is 12.6 Å². The van der Waals surface area contributed by atoms with E-state index in [-0.39, 0.29) is 25.3 Å². The zero-order valence-electron chi connectivity index (χ0n) is 13.6. The third kappa shape index (κ3) is 5.68. The fraction of sp³-hybridized carbons (Fsp3) is 0.400. The average molecular weight is 387 g/mol. The van der Waals surface area contributed by atoms with Crippen molar-refractivity contribution in [3.63, 3.8) is 0 Å². The fourth-order valence-electron chi connectivity index (χ4n) is 2.15. The van der Waals surface area contributed by atoms with Crippen LogP contribution >= 0.6 is 0 Å². The van der Waals surface area contributed by atoms with Crippen molar-refractivity contribution in [1.29, 1.82) is 0 Å². The van der Waals surface area contributed by atoms with Gasteiger partial charge in [-0.2, -0.15) is 17.6 Å². The molecule has 0 aliphatic rings. The van der Waals surface area contributed by atoms with Crippen molar-refractivity contribution >= 4 is 5.97 Å². The van der Waals surface area contributed by atoms with Gasteiger partial charge in [-0.25, -0.2) is 4.79 Å². The molecule has 0 aliphatic heterocycles. The normalized spacial score (nSPS) is 12.1. The van der Waals surface area contributed by atoms with Crippen LogP contribution in [0.15, 0.2) is 33.8 Å². The number of hydrogen-bond acceptors (Lipinski definition) is 6. The molecule has 8 nitrogen and oxygen atoms in total. The average Bonchev–Trinajstić information content (AvgIpc) is 3.14. The third-order valence-electron chi connectivity index (χ3n) is 3.41. The second-order valence-electron chi connectivity index (χ2n) is 5.20. The second kappa shape index (κ2) is 9.53. The highest BCUT2D eigenvalue weighted by atomic mass is 19.3. The first kappa shape index (κ1) is 20.2. The van der Waals surface area contributed by atoms with Gasteiger partial charge in [0.2, 0.25) is 5.89 Å². The molecule has 144 valence electrons. The maximum Gasteiger partial charge on any atom is 0.373 e. The van der Waals surface area contributed by atoms with E-state index in [4.69, 9.17) is 9.95 Å². The molecule has 12 heteroatoms. The molecule has 1 atom stereocenters. The lowest BCUT2D eigenvalue weighted by Crippen LogP contribution is -2.15. The lowest BCUT2D eigenvalue weighted by molar-refractivity contribution is -0.156. The molecule has 1 aromatic carbocycles. The van der Waals surface area contributed by atoms with Crippen LogP contribution in [0.2, 0.25) is 0 Å². The number of benzene rings is 1. The van der Waals surface area contributed by atoms with Crippen molar-refractivity contribution < 1.29 is 31.5 Å². The Hall–Kier alpha value is -3.14. The van der Waals surface area contributed by atoms with E-state index in [9.17, 15) is 22.4 Å². The molecule has 1 heterocycles. The molecule has 27 heavy (non-hydrogen) atoms. The molecular weight excluding hydrogens is 374 g/mol. The van der Waals surface area contributed by atoms with Crippen molar-refractivity contribution in [3.8, 4) is 11.5 Å². The molecule has 0 saturated carbocycles. The molecule has 0 aliphatic carbocycles. The number of aromatic nitrogens is 2.